The van der Waals surface area contributed by atoms with Crippen molar-refractivity contribution in [1.82, 2.24) is 0 Å². The van der Waals surface area contributed by atoms with Crippen molar-refractivity contribution in [3.63, 3.8) is 0 Å². The standard InChI is InChI=1S/C19H29/c1-5-6-7-8-9-10-11-17-12-14-18(15-13-17)16-19(2,3)4/h1,5,12-15H,6-11,16H2,2-4H3. The lowest BCUT2D eigenvalue weighted by molar-refractivity contribution is 0.411. The van der Waals surface area contributed by atoms with Crippen molar-refractivity contribution >= 4 is 0 Å². The van der Waals surface area contributed by atoms with Crippen LogP contribution in [0.2, 0.25) is 0 Å². The highest BCUT2D eigenvalue weighted by atomic mass is 14.2. The van der Waals surface area contributed by atoms with Crippen molar-refractivity contribution in [3.05, 3.63) is 48.0 Å². The van der Waals surface area contributed by atoms with Gasteiger partial charge in [-0.1, -0.05) is 70.5 Å². The van der Waals surface area contributed by atoms with Crippen LogP contribution in [-0.4, -0.2) is 0 Å². The lowest BCUT2D eigenvalue weighted by Gasteiger charge is -2.18. The van der Waals surface area contributed by atoms with Gasteiger partial charge in [0.1, 0.15) is 0 Å². The van der Waals surface area contributed by atoms with Crippen LogP contribution in [0.15, 0.2) is 30.3 Å². The van der Waals surface area contributed by atoms with E-state index < -0.39 is 0 Å². The number of unbranched alkanes of at least 4 members (excludes halogenated alkanes) is 4. The summed E-state index contributed by atoms with van der Waals surface area (Å²) in [6, 6.07) is 9.19. The first-order chi connectivity index (χ1) is 9.01. The van der Waals surface area contributed by atoms with Gasteiger partial charge in [-0.25, -0.2) is 0 Å². The summed E-state index contributed by atoms with van der Waals surface area (Å²) in [7, 11) is 0. The average Bonchev–Trinajstić information content (AvgIpc) is 2.34. The highest BCUT2D eigenvalue weighted by molar-refractivity contribution is 5.23. The molecule has 0 aliphatic carbocycles. The Kier molecular flexibility index (Phi) is 6.91. The molecule has 0 saturated carbocycles. The zero-order valence-corrected chi connectivity index (χ0v) is 12.9. The first-order valence-corrected chi connectivity index (χ1v) is 7.62. The maximum absolute atomic E-state index is 5.37. The van der Waals surface area contributed by atoms with E-state index in [4.69, 9.17) is 6.58 Å². The molecule has 0 saturated heterocycles. The van der Waals surface area contributed by atoms with Crippen LogP contribution in [0.4, 0.5) is 0 Å². The van der Waals surface area contributed by atoms with Crippen LogP contribution in [0, 0.1) is 12.0 Å². The average molecular weight is 257 g/mol. The Bertz CT molecular complexity index is 351. The van der Waals surface area contributed by atoms with Crippen LogP contribution in [0.5, 0.6) is 0 Å². The molecule has 0 N–H and O–H groups in total. The number of benzene rings is 1. The maximum atomic E-state index is 5.37. The Morgan fingerprint density at radius 2 is 1.47 bits per heavy atom. The van der Waals surface area contributed by atoms with Crippen LogP contribution in [0.3, 0.4) is 0 Å². The minimum Gasteiger partial charge on any atom is -0.0845 e. The van der Waals surface area contributed by atoms with Crippen molar-refractivity contribution in [2.75, 3.05) is 0 Å². The van der Waals surface area contributed by atoms with Gasteiger partial charge in [0.2, 0.25) is 0 Å². The smallest absolute Gasteiger partial charge is 0.0230 e. The topological polar surface area (TPSA) is 0 Å². The van der Waals surface area contributed by atoms with Crippen molar-refractivity contribution < 1.29 is 0 Å². The number of aryl methyl sites for hydroxylation is 1. The second kappa shape index (κ2) is 8.19. The summed E-state index contributed by atoms with van der Waals surface area (Å²) in [5.41, 5.74) is 3.31. The van der Waals surface area contributed by atoms with Gasteiger partial charge in [-0.3, -0.25) is 0 Å². The van der Waals surface area contributed by atoms with Gasteiger partial charge in [0.25, 0.3) is 0 Å². The SMILES string of the molecule is [CH]=CCCCCCCc1ccc(CC(C)(C)C)cc1. The van der Waals surface area contributed by atoms with E-state index in [2.05, 4.69) is 45.0 Å². The Balaban J connectivity index is 2.26. The minimum absolute atomic E-state index is 0.377. The summed E-state index contributed by atoms with van der Waals surface area (Å²) >= 11 is 0. The molecule has 0 bridgehead atoms. The van der Waals surface area contributed by atoms with E-state index in [-0.39, 0.29) is 0 Å². The monoisotopic (exact) mass is 257 g/mol. The van der Waals surface area contributed by atoms with Gasteiger partial charge < -0.3 is 0 Å². The third kappa shape index (κ3) is 7.87. The Morgan fingerprint density at radius 3 is 2.05 bits per heavy atom. The molecule has 105 valence electrons. The van der Waals surface area contributed by atoms with Crippen molar-refractivity contribution in [1.29, 1.82) is 0 Å². The molecule has 0 aliphatic rings. The molecule has 1 radical (unpaired) electrons. The van der Waals surface area contributed by atoms with Crippen LogP contribution in [0.1, 0.15) is 64.0 Å². The van der Waals surface area contributed by atoms with Gasteiger partial charge in [-0.15, -0.1) is 0 Å². The van der Waals surface area contributed by atoms with Crippen LogP contribution in [0.25, 0.3) is 0 Å². The molecule has 1 rings (SSSR count). The number of rotatable bonds is 8. The maximum Gasteiger partial charge on any atom is -0.0230 e. The molecule has 0 heteroatoms. The third-order valence-electron chi connectivity index (χ3n) is 3.34. The summed E-state index contributed by atoms with van der Waals surface area (Å²) < 4.78 is 0. The molecule has 0 aliphatic heterocycles. The van der Waals surface area contributed by atoms with Crippen molar-refractivity contribution in [2.45, 2.75) is 65.7 Å². The summed E-state index contributed by atoms with van der Waals surface area (Å²) in [4.78, 5) is 0. The van der Waals surface area contributed by atoms with Crippen molar-refractivity contribution in [3.8, 4) is 0 Å². The minimum atomic E-state index is 0.377. The highest BCUT2D eigenvalue weighted by Gasteiger charge is 2.10. The first kappa shape index (κ1) is 16.0. The normalized spacial score (nSPS) is 11.5. The van der Waals surface area contributed by atoms with E-state index in [1.54, 1.807) is 6.08 Å². The quantitative estimate of drug-likeness (QED) is 0.520. The molecular weight excluding hydrogens is 228 g/mol. The predicted molar refractivity (Wildman–Crippen MR) is 85.3 cm³/mol. The molecule has 0 unspecified atom stereocenters. The second-order valence-electron chi connectivity index (χ2n) is 6.74. The molecule has 19 heavy (non-hydrogen) atoms. The van der Waals surface area contributed by atoms with E-state index in [0.29, 0.717) is 5.41 Å². The molecule has 0 nitrogen and oxygen atoms in total. The first-order valence-electron chi connectivity index (χ1n) is 7.62. The van der Waals surface area contributed by atoms with Gasteiger partial charge in [-0.05, 0) is 48.6 Å². The zero-order chi connectivity index (χ0) is 14.1. The fraction of sp³-hybridized carbons (Fsp3) is 0.579. The lowest BCUT2D eigenvalue weighted by Crippen LogP contribution is -2.08. The number of hydrogen-bond acceptors (Lipinski definition) is 0. The largest absolute Gasteiger partial charge is 0.0845 e. The molecule has 1 aromatic rings. The van der Waals surface area contributed by atoms with Crippen LogP contribution < -0.4 is 0 Å². The molecule has 1 aromatic carbocycles. The fourth-order valence-electron chi connectivity index (χ4n) is 2.38. The van der Waals surface area contributed by atoms with Crippen molar-refractivity contribution in [2.24, 2.45) is 5.41 Å². The van der Waals surface area contributed by atoms with E-state index in [0.717, 1.165) is 12.8 Å². The number of allylic oxidation sites excluding steroid dienone is 1. The highest BCUT2D eigenvalue weighted by Crippen LogP contribution is 2.21. The lowest BCUT2D eigenvalue weighted by atomic mass is 9.88. The zero-order valence-electron chi connectivity index (χ0n) is 12.9. The molecule has 0 aromatic heterocycles. The van der Waals surface area contributed by atoms with Crippen LogP contribution >= 0.6 is 0 Å². The van der Waals surface area contributed by atoms with Crippen LogP contribution in [-0.2, 0) is 12.8 Å². The van der Waals surface area contributed by atoms with E-state index in [1.807, 2.05) is 0 Å². The molecule has 0 atom stereocenters. The van der Waals surface area contributed by atoms with E-state index in [9.17, 15) is 0 Å². The molecular formula is C19H29. The summed E-state index contributed by atoms with van der Waals surface area (Å²) in [5.74, 6) is 0. The second-order valence-corrected chi connectivity index (χ2v) is 6.74. The molecule has 0 amide bonds. The van der Waals surface area contributed by atoms with E-state index in [1.165, 1.54) is 43.2 Å². The van der Waals surface area contributed by atoms with Gasteiger partial charge in [-0.2, -0.15) is 0 Å². The van der Waals surface area contributed by atoms with Gasteiger partial charge >= 0.3 is 0 Å². The van der Waals surface area contributed by atoms with Gasteiger partial charge in [0.15, 0.2) is 0 Å². The van der Waals surface area contributed by atoms with Gasteiger partial charge in [0.05, 0.1) is 0 Å². The Morgan fingerprint density at radius 1 is 0.895 bits per heavy atom. The molecule has 0 fully saturated rings. The summed E-state index contributed by atoms with van der Waals surface area (Å²) in [6.45, 7) is 12.2. The molecule has 0 heterocycles. The van der Waals surface area contributed by atoms with E-state index >= 15 is 0 Å². The summed E-state index contributed by atoms with van der Waals surface area (Å²) in [6.07, 6.45) is 10.3. The Hall–Kier alpha value is -1.04. The fourth-order valence-corrected chi connectivity index (χ4v) is 2.38. The van der Waals surface area contributed by atoms with Gasteiger partial charge in [0, 0.05) is 0 Å². The Labute approximate surface area is 119 Å². The number of hydrogen-bond donors (Lipinski definition) is 0. The third-order valence-corrected chi connectivity index (χ3v) is 3.34. The summed E-state index contributed by atoms with van der Waals surface area (Å²) in [5, 5.41) is 0. The molecule has 0 spiro atoms. The predicted octanol–water partition coefficient (Wildman–Crippen LogP) is 5.76.